The first-order chi connectivity index (χ1) is 8.58. The Balaban J connectivity index is 2.03. The molecule has 2 heterocycles. The van der Waals surface area contributed by atoms with Crippen molar-refractivity contribution >= 4 is 27.3 Å². The molecule has 0 amide bonds. The summed E-state index contributed by atoms with van der Waals surface area (Å²) in [5, 5.41) is 0. The molecule has 2 rings (SSSR count). The number of hydrogen-bond acceptors (Lipinski definition) is 3. The van der Waals surface area contributed by atoms with Gasteiger partial charge in [-0.05, 0) is 59.4 Å². The minimum atomic E-state index is 0.405. The van der Waals surface area contributed by atoms with Crippen molar-refractivity contribution in [3.63, 3.8) is 0 Å². The summed E-state index contributed by atoms with van der Waals surface area (Å²) in [5.74, 6) is 0. The van der Waals surface area contributed by atoms with Crippen LogP contribution in [0.4, 0.5) is 0 Å². The van der Waals surface area contributed by atoms with Crippen LogP contribution in [-0.2, 0) is 0 Å². The Kier molecular flexibility index (Phi) is 4.86. The molecule has 1 unspecified atom stereocenters. The fourth-order valence-electron chi connectivity index (χ4n) is 2.68. The van der Waals surface area contributed by atoms with E-state index in [1.165, 1.54) is 41.0 Å². The molecule has 0 aromatic carbocycles. The van der Waals surface area contributed by atoms with Crippen LogP contribution in [0.5, 0.6) is 0 Å². The van der Waals surface area contributed by atoms with Gasteiger partial charge in [-0.15, -0.1) is 11.3 Å². The quantitative estimate of drug-likeness (QED) is 0.903. The van der Waals surface area contributed by atoms with E-state index in [0.29, 0.717) is 11.5 Å². The number of rotatable bonds is 4. The molecule has 2 nitrogen and oxygen atoms in total. The van der Waals surface area contributed by atoms with E-state index in [4.69, 9.17) is 5.73 Å². The molecular weight excluding hydrogens is 308 g/mol. The first kappa shape index (κ1) is 14.5. The summed E-state index contributed by atoms with van der Waals surface area (Å²) in [6, 6.07) is 4.74. The lowest BCUT2D eigenvalue weighted by atomic mass is 9.78. The highest BCUT2D eigenvalue weighted by atomic mass is 79.9. The number of piperidine rings is 1. The largest absolute Gasteiger partial charge is 0.329 e. The molecule has 1 aromatic heterocycles. The van der Waals surface area contributed by atoms with E-state index in [1.807, 2.05) is 11.3 Å². The van der Waals surface area contributed by atoms with Gasteiger partial charge in [-0.25, -0.2) is 0 Å². The Morgan fingerprint density at radius 2 is 2.11 bits per heavy atom. The number of halogens is 1. The average molecular weight is 331 g/mol. The summed E-state index contributed by atoms with van der Waals surface area (Å²) in [7, 11) is 0. The molecule has 0 bridgehead atoms. The third-order valence-electron chi connectivity index (χ3n) is 4.45. The molecule has 1 aromatic rings. The molecule has 0 spiro atoms. The minimum Gasteiger partial charge on any atom is -0.329 e. The van der Waals surface area contributed by atoms with Gasteiger partial charge in [0.05, 0.1) is 9.83 Å². The number of nitrogens with two attached hydrogens (primary N) is 1. The van der Waals surface area contributed by atoms with Crippen molar-refractivity contribution in [2.45, 2.75) is 39.2 Å². The van der Waals surface area contributed by atoms with Crippen molar-refractivity contribution in [1.82, 2.24) is 4.90 Å². The van der Waals surface area contributed by atoms with E-state index in [9.17, 15) is 0 Å². The van der Waals surface area contributed by atoms with Gasteiger partial charge in [-0.3, -0.25) is 4.90 Å². The second kappa shape index (κ2) is 6.04. The van der Waals surface area contributed by atoms with Crippen molar-refractivity contribution in [3.05, 3.63) is 20.8 Å². The first-order valence-electron chi connectivity index (χ1n) is 6.77. The topological polar surface area (TPSA) is 29.3 Å². The molecule has 4 heteroatoms. The van der Waals surface area contributed by atoms with Crippen molar-refractivity contribution in [2.75, 3.05) is 19.6 Å². The molecule has 1 saturated heterocycles. The lowest BCUT2D eigenvalue weighted by Crippen LogP contribution is -2.42. The molecule has 1 fully saturated rings. The summed E-state index contributed by atoms with van der Waals surface area (Å²) in [5.41, 5.74) is 6.54. The number of likely N-dealkylation sites (tertiary alicyclic amines) is 1. The van der Waals surface area contributed by atoms with Crippen LogP contribution in [0.2, 0.25) is 0 Å². The zero-order chi connectivity index (χ0) is 13.2. The standard InChI is InChI=1S/C14H23BrN2S/c1-3-14(2)6-8-17(9-7-14)11(10-16)12-4-5-13(15)18-12/h4-5,11H,3,6-10,16H2,1-2H3. The number of thiophene rings is 1. The summed E-state index contributed by atoms with van der Waals surface area (Å²) >= 11 is 5.36. The van der Waals surface area contributed by atoms with Gasteiger partial charge in [0.25, 0.3) is 0 Å². The van der Waals surface area contributed by atoms with Gasteiger partial charge in [-0.2, -0.15) is 0 Å². The molecule has 1 atom stereocenters. The van der Waals surface area contributed by atoms with E-state index >= 15 is 0 Å². The summed E-state index contributed by atoms with van der Waals surface area (Å²) in [4.78, 5) is 3.96. The average Bonchev–Trinajstić information content (AvgIpc) is 2.79. The van der Waals surface area contributed by atoms with Crippen LogP contribution in [-0.4, -0.2) is 24.5 Å². The van der Waals surface area contributed by atoms with Gasteiger partial charge < -0.3 is 5.73 Å². The van der Waals surface area contributed by atoms with Crippen LogP contribution < -0.4 is 5.73 Å². The molecule has 1 aliphatic heterocycles. The van der Waals surface area contributed by atoms with Crippen LogP contribution in [0.25, 0.3) is 0 Å². The predicted molar refractivity (Wildman–Crippen MR) is 83.0 cm³/mol. The smallest absolute Gasteiger partial charge is 0.0702 e. The zero-order valence-electron chi connectivity index (χ0n) is 11.3. The normalized spacial score (nSPS) is 22.0. The van der Waals surface area contributed by atoms with Gasteiger partial charge in [0, 0.05) is 11.4 Å². The molecule has 18 heavy (non-hydrogen) atoms. The van der Waals surface area contributed by atoms with E-state index in [1.54, 1.807) is 0 Å². The van der Waals surface area contributed by atoms with Gasteiger partial charge in [-0.1, -0.05) is 20.3 Å². The summed E-state index contributed by atoms with van der Waals surface area (Å²) < 4.78 is 1.20. The van der Waals surface area contributed by atoms with E-state index < -0.39 is 0 Å². The van der Waals surface area contributed by atoms with Gasteiger partial charge in [0.1, 0.15) is 0 Å². The molecular formula is C14H23BrN2S. The van der Waals surface area contributed by atoms with Crippen LogP contribution in [0.3, 0.4) is 0 Å². The van der Waals surface area contributed by atoms with Gasteiger partial charge in [0.2, 0.25) is 0 Å². The Labute approximate surface area is 123 Å². The first-order valence-corrected chi connectivity index (χ1v) is 8.38. The maximum absolute atomic E-state index is 5.99. The summed E-state index contributed by atoms with van der Waals surface area (Å²) in [6.45, 7) is 7.81. The van der Waals surface area contributed by atoms with Crippen LogP contribution in [0, 0.1) is 5.41 Å². The van der Waals surface area contributed by atoms with Gasteiger partial charge in [0.15, 0.2) is 0 Å². The zero-order valence-corrected chi connectivity index (χ0v) is 13.7. The van der Waals surface area contributed by atoms with E-state index in [0.717, 1.165) is 6.54 Å². The monoisotopic (exact) mass is 330 g/mol. The lowest BCUT2D eigenvalue weighted by molar-refractivity contribution is 0.0841. The summed E-state index contributed by atoms with van der Waals surface area (Å²) in [6.07, 6.45) is 3.89. The highest BCUT2D eigenvalue weighted by Crippen LogP contribution is 2.38. The molecule has 2 N–H and O–H groups in total. The molecule has 0 aliphatic carbocycles. The fourth-order valence-corrected chi connectivity index (χ4v) is 4.25. The van der Waals surface area contributed by atoms with Crippen LogP contribution >= 0.6 is 27.3 Å². The Morgan fingerprint density at radius 3 is 2.56 bits per heavy atom. The molecule has 0 radical (unpaired) electrons. The third-order valence-corrected chi connectivity index (χ3v) is 6.17. The number of nitrogens with zero attached hydrogens (tertiary/aromatic N) is 1. The van der Waals surface area contributed by atoms with Crippen molar-refractivity contribution in [1.29, 1.82) is 0 Å². The van der Waals surface area contributed by atoms with Crippen LogP contribution in [0.1, 0.15) is 44.0 Å². The predicted octanol–water partition coefficient (Wildman–Crippen LogP) is 4.02. The molecule has 0 saturated carbocycles. The Hall–Kier alpha value is 0.1000. The van der Waals surface area contributed by atoms with E-state index in [-0.39, 0.29) is 0 Å². The second-order valence-corrected chi connectivity index (χ2v) is 8.09. The third kappa shape index (κ3) is 3.16. The maximum atomic E-state index is 5.99. The Morgan fingerprint density at radius 1 is 1.44 bits per heavy atom. The van der Waals surface area contributed by atoms with Crippen molar-refractivity contribution in [2.24, 2.45) is 11.1 Å². The highest BCUT2D eigenvalue weighted by molar-refractivity contribution is 9.11. The minimum absolute atomic E-state index is 0.405. The van der Waals surface area contributed by atoms with Crippen molar-refractivity contribution in [3.8, 4) is 0 Å². The maximum Gasteiger partial charge on any atom is 0.0702 e. The highest BCUT2D eigenvalue weighted by Gasteiger charge is 2.31. The Bertz CT molecular complexity index is 383. The van der Waals surface area contributed by atoms with Crippen molar-refractivity contribution < 1.29 is 0 Å². The molecule has 1 aliphatic rings. The van der Waals surface area contributed by atoms with Crippen LogP contribution in [0.15, 0.2) is 15.9 Å². The second-order valence-electron chi connectivity index (χ2n) is 5.59. The van der Waals surface area contributed by atoms with Gasteiger partial charge >= 0.3 is 0 Å². The lowest BCUT2D eigenvalue weighted by Gasteiger charge is -2.42. The number of hydrogen-bond donors (Lipinski definition) is 1. The van der Waals surface area contributed by atoms with E-state index in [2.05, 4.69) is 46.8 Å². The fraction of sp³-hybridized carbons (Fsp3) is 0.714. The molecule has 102 valence electrons. The SMILES string of the molecule is CCC1(C)CCN(C(CN)c2ccc(Br)s2)CC1.